The van der Waals surface area contributed by atoms with Crippen molar-refractivity contribution in [2.75, 3.05) is 40.8 Å². The van der Waals surface area contributed by atoms with E-state index in [1.54, 1.807) is 25.1 Å². The standard InChI is InChI=1S/C22H26ClN5O/c1-25(2)22(29)21-19(28-13-17(23)9-10-20(28)24-21)15-27-12-11-26(3)18(14-27)16-7-5-4-6-8-16/h4-10,13,18H,11-12,14-15H2,1-3H3. The first kappa shape index (κ1) is 19.9. The molecule has 0 aliphatic carbocycles. The quantitative estimate of drug-likeness (QED) is 0.661. The molecule has 0 N–H and O–H groups in total. The molecule has 2 aromatic heterocycles. The van der Waals surface area contributed by atoms with Gasteiger partial charge in [-0.25, -0.2) is 4.98 Å². The smallest absolute Gasteiger partial charge is 0.273 e. The van der Waals surface area contributed by atoms with E-state index in [1.165, 1.54) is 5.56 Å². The van der Waals surface area contributed by atoms with Crippen LogP contribution in [-0.2, 0) is 6.54 Å². The van der Waals surface area contributed by atoms with Crippen molar-refractivity contribution in [3.8, 4) is 0 Å². The van der Waals surface area contributed by atoms with Crippen LogP contribution in [0, 0.1) is 0 Å². The molecule has 1 aliphatic heterocycles. The van der Waals surface area contributed by atoms with Crippen molar-refractivity contribution in [3.05, 3.63) is 70.6 Å². The van der Waals surface area contributed by atoms with E-state index < -0.39 is 0 Å². The van der Waals surface area contributed by atoms with Gasteiger partial charge in [-0.05, 0) is 24.7 Å². The number of likely N-dealkylation sites (N-methyl/N-ethyl adjacent to an activating group) is 1. The SMILES string of the molecule is CN(C)C(=O)c1nc2ccc(Cl)cn2c1CN1CCN(C)C(c2ccccc2)C1. The molecule has 1 saturated heterocycles. The lowest BCUT2D eigenvalue weighted by atomic mass is 10.0. The number of aromatic nitrogens is 2. The molecule has 0 spiro atoms. The van der Waals surface area contributed by atoms with Crippen LogP contribution in [0.5, 0.6) is 0 Å². The number of pyridine rings is 1. The molecule has 6 nitrogen and oxygen atoms in total. The van der Waals surface area contributed by atoms with Gasteiger partial charge in [0.2, 0.25) is 0 Å². The molecule has 1 amide bonds. The summed E-state index contributed by atoms with van der Waals surface area (Å²) >= 11 is 6.24. The zero-order valence-electron chi connectivity index (χ0n) is 17.0. The van der Waals surface area contributed by atoms with E-state index in [-0.39, 0.29) is 5.91 Å². The molecule has 0 saturated carbocycles. The fourth-order valence-electron chi connectivity index (χ4n) is 3.92. The lowest BCUT2D eigenvalue weighted by Gasteiger charge is -2.39. The number of hydrogen-bond donors (Lipinski definition) is 0. The second-order valence-corrected chi connectivity index (χ2v) is 8.26. The van der Waals surface area contributed by atoms with Crippen molar-refractivity contribution in [3.63, 3.8) is 0 Å². The summed E-state index contributed by atoms with van der Waals surface area (Å²) in [5, 5.41) is 0.626. The number of imidazole rings is 1. The number of nitrogens with zero attached hydrogens (tertiary/aromatic N) is 5. The Bertz CT molecular complexity index is 1020. The first-order valence-electron chi connectivity index (χ1n) is 9.79. The summed E-state index contributed by atoms with van der Waals surface area (Å²) < 4.78 is 1.95. The summed E-state index contributed by atoms with van der Waals surface area (Å²) in [6, 6.07) is 14.6. The number of rotatable bonds is 4. The molecular formula is C22H26ClN5O. The third-order valence-electron chi connectivity index (χ3n) is 5.58. The van der Waals surface area contributed by atoms with Crippen LogP contribution < -0.4 is 0 Å². The summed E-state index contributed by atoms with van der Waals surface area (Å²) in [5.41, 5.74) is 3.43. The van der Waals surface area contributed by atoms with Gasteiger partial charge < -0.3 is 9.30 Å². The van der Waals surface area contributed by atoms with Gasteiger partial charge in [0.1, 0.15) is 5.65 Å². The molecule has 0 radical (unpaired) electrons. The van der Waals surface area contributed by atoms with Gasteiger partial charge in [0.25, 0.3) is 5.91 Å². The van der Waals surface area contributed by atoms with E-state index >= 15 is 0 Å². The summed E-state index contributed by atoms with van der Waals surface area (Å²) in [4.78, 5) is 23.8. The number of piperazine rings is 1. The average molecular weight is 412 g/mol. The monoisotopic (exact) mass is 411 g/mol. The normalized spacial score (nSPS) is 18.3. The minimum Gasteiger partial charge on any atom is -0.343 e. The number of hydrogen-bond acceptors (Lipinski definition) is 4. The molecule has 1 unspecified atom stereocenters. The number of fused-ring (bicyclic) bond motifs is 1. The van der Waals surface area contributed by atoms with Crippen molar-refractivity contribution in [1.82, 2.24) is 24.1 Å². The fourth-order valence-corrected chi connectivity index (χ4v) is 4.08. The highest BCUT2D eigenvalue weighted by Crippen LogP contribution is 2.26. The van der Waals surface area contributed by atoms with E-state index in [1.807, 2.05) is 22.7 Å². The Hall–Kier alpha value is -2.41. The Morgan fingerprint density at radius 1 is 1.17 bits per heavy atom. The minimum absolute atomic E-state index is 0.0893. The zero-order valence-corrected chi connectivity index (χ0v) is 17.8. The van der Waals surface area contributed by atoms with Gasteiger partial charge in [-0.15, -0.1) is 0 Å². The lowest BCUT2D eigenvalue weighted by molar-refractivity contribution is 0.0804. The van der Waals surface area contributed by atoms with Gasteiger partial charge >= 0.3 is 0 Å². The molecule has 4 rings (SSSR count). The van der Waals surface area contributed by atoms with Crippen molar-refractivity contribution < 1.29 is 4.79 Å². The molecular weight excluding hydrogens is 386 g/mol. The molecule has 0 bridgehead atoms. The third kappa shape index (κ3) is 4.01. The van der Waals surface area contributed by atoms with Crippen LogP contribution in [-0.4, -0.2) is 70.8 Å². The van der Waals surface area contributed by atoms with Crippen LogP contribution in [0.1, 0.15) is 27.8 Å². The van der Waals surface area contributed by atoms with E-state index in [0.717, 1.165) is 31.0 Å². The van der Waals surface area contributed by atoms with Gasteiger partial charge in [0.15, 0.2) is 5.69 Å². The van der Waals surface area contributed by atoms with Gasteiger partial charge in [-0.2, -0.15) is 0 Å². The Balaban J connectivity index is 1.67. The van der Waals surface area contributed by atoms with Crippen molar-refractivity contribution in [1.29, 1.82) is 0 Å². The molecule has 1 aromatic carbocycles. The largest absolute Gasteiger partial charge is 0.343 e. The van der Waals surface area contributed by atoms with Gasteiger partial charge in [0, 0.05) is 52.5 Å². The third-order valence-corrected chi connectivity index (χ3v) is 5.80. The number of benzene rings is 1. The minimum atomic E-state index is -0.0893. The molecule has 3 aromatic rings. The second-order valence-electron chi connectivity index (χ2n) is 7.82. The highest BCUT2D eigenvalue weighted by molar-refractivity contribution is 6.30. The Morgan fingerprint density at radius 3 is 2.66 bits per heavy atom. The summed E-state index contributed by atoms with van der Waals surface area (Å²) in [5.74, 6) is -0.0893. The topological polar surface area (TPSA) is 44.1 Å². The maximum atomic E-state index is 12.8. The molecule has 1 fully saturated rings. The van der Waals surface area contributed by atoms with Crippen LogP contribution in [0.3, 0.4) is 0 Å². The Labute approximate surface area is 176 Å². The lowest BCUT2D eigenvalue weighted by Crippen LogP contribution is -2.46. The number of carbonyl (C=O) groups excluding carboxylic acids is 1. The average Bonchev–Trinajstić information content (AvgIpc) is 3.07. The molecule has 7 heteroatoms. The summed E-state index contributed by atoms with van der Waals surface area (Å²) in [6.45, 7) is 3.44. The maximum absolute atomic E-state index is 12.8. The van der Waals surface area contributed by atoms with Crippen molar-refractivity contribution in [2.45, 2.75) is 12.6 Å². The van der Waals surface area contributed by atoms with Crippen LogP contribution in [0.2, 0.25) is 5.02 Å². The highest BCUT2D eigenvalue weighted by atomic mass is 35.5. The zero-order chi connectivity index (χ0) is 20.5. The first-order chi connectivity index (χ1) is 13.9. The van der Waals surface area contributed by atoms with E-state index in [0.29, 0.717) is 23.3 Å². The van der Waals surface area contributed by atoms with Crippen molar-refractivity contribution >= 4 is 23.2 Å². The Morgan fingerprint density at radius 2 is 1.93 bits per heavy atom. The van der Waals surface area contributed by atoms with Gasteiger partial charge in [0.05, 0.1) is 10.7 Å². The van der Waals surface area contributed by atoms with E-state index in [9.17, 15) is 4.79 Å². The number of carbonyl (C=O) groups is 1. The molecule has 29 heavy (non-hydrogen) atoms. The number of amides is 1. The van der Waals surface area contributed by atoms with Crippen LogP contribution >= 0.6 is 11.6 Å². The molecule has 1 aliphatic rings. The van der Waals surface area contributed by atoms with E-state index in [4.69, 9.17) is 11.6 Å². The molecule has 3 heterocycles. The summed E-state index contributed by atoms with van der Waals surface area (Å²) in [6.07, 6.45) is 1.84. The van der Waals surface area contributed by atoms with Crippen LogP contribution in [0.25, 0.3) is 5.65 Å². The fraction of sp³-hybridized carbons (Fsp3) is 0.364. The second kappa shape index (κ2) is 8.14. The number of halogens is 1. The first-order valence-corrected chi connectivity index (χ1v) is 10.2. The van der Waals surface area contributed by atoms with Crippen molar-refractivity contribution in [2.24, 2.45) is 0 Å². The van der Waals surface area contributed by atoms with Crippen LogP contribution in [0.15, 0.2) is 48.7 Å². The van der Waals surface area contributed by atoms with Gasteiger partial charge in [-0.3, -0.25) is 14.6 Å². The molecule has 1 atom stereocenters. The van der Waals surface area contributed by atoms with E-state index in [2.05, 4.69) is 46.1 Å². The van der Waals surface area contributed by atoms with Crippen LogP contribution in [0.4, 0.5) is 0 Å². The maximum Gasteiger partial charge on any atom is 0.273 e. The van der Waals surface area contributed by atoms with Gasteiger partial charge in [-0.1, -0.05) is 41.9 Å². The highest BCUT2D eigenvalue weighted by Gasteiger charge is 2.28. The predicted octanol–water partition coefficient (Wildman–Crippen LogP) is 3.18. The predicted molar refractivity (Wildman–Crippen MR) is 115 cm³/mol. The Kier molecular flexibility index (Phi) is 5.58. The molecule has 152 valence electrons. The summed E-state index contributed by atoms with van der Waals surface area (Å²) in [7, 11) is 5.68.